The molecule has 0 amide bonds. The molecule has 0 aliphatic heterocycles. The lowest BCUT2D eigenvalue weighted by molar-refractivity contribution is 0.148. The van der Waals surface area contributed by atoms with Gasteiger partial charge in [-0.05, 0) is 40.8 Å². The van der Waals surface area contributed by atoms with Crippen molar-refractivity contribution in [2.24, 2.45) is 0 Å². The molecule has 2 aromatic rings. The van der Waals surface area contributed by atoms with Crippen LogP contribution < -0.4 is 0 Å². The molecule has 0 aliphatic carbocycles. The highest BCUT2D eigenvalue weighted by Gasteiger charge is 2.20. The molecule has 0 aliphatic rings. The third-order valence-electron chi connectivity index (χ3n) is 3.39. The fourth-order valence-electron chi connectivity index (χ4n) is 2.32. The molecular weight excluding hydrogens is 304 g/mol. The van der Waals surface area contributed by atoms with Crippen LogP contribution in [-0.4, -0.2) is 14.9 Å². The first-order valence-electron chi connectivity index (χ1n) is 6.57. The van der Waals surface area contributed by atoms with Crippen LogP contribution in [-0.2, 0) is 6.54 Å². The number of aryl methyl sites for hydroxylation is 1. The minimum absolute atomic E-state index is 0.309. The Morgan fingerprint density at radius 2 is 2.00 bits per heavy atom. The smallest absolute Gasteiger partial charge is 0.0973 e. The Morgan fingerprint density at radius 3 is 2.63 bits per heavy atom. The van der Waals surface area contributed by atoms with Crippen molar-refractivity contribution in [3.63, 3.8) is 0 Å². The van der Waals surface area contributed by atoms with E-state index in [1.165, 1.54) is 5.56 Å². The van der Waals surface area contributed by atoms with Crippen molar-refractivity contribution in [3.05, 3.63) is 52.3 Å². The lowest BCUT2D eigenvalue weighted by Crippen LogP contribution is -2.11. The molecule has 19 heavy (non-hydrogen) atoms. The van der Waals surface area contributed by atoms with Gasteiger partial charge in [0.2, 0.25) is 0 Å². The predicted molar refractivity (Wildman–Crippen MR) is 80.0 cm³/mol. The number of rotatable bonds is 5. The highest BCUT2D eigenvalue weighted by molar-refractivity contribution is 9.10. The normalized spacial score (nSPS) is 14.3. The molecule has 3 nitrogen and oxygen atoms in total. The number of hydrogen-bond acceptors (Lipinski definition) is 2. The second kappa shape index (κ2) is 6.35. The van der Waals surface area contributed by atoms with E-state index in [2.05, 4.69) is 40.1 Å². The molecule has 2 rings (SSSR count). The number of halogens is 1. The van der Waals surface area contributed by atoms with Crippen LogP contribution in [0.4, 0.5) is 0 Å². The lowest BCUT2D eigenvalue weighted by Gasteiger charge is -2.18. The van der Waals surface area contributed by atoms with Gasteiger partial charge in [0.05, 0.1) is 22.5 Å². The summed E-state index contributed by atoms with van der Waals surface area (Å²) in [5.74, 6) is 0.309. The maximum Gasteiger partial charge on any atom is 0.0973 e. The Balaban J connectivity index is 2.13. The Kier molecular flexibility index (Phi) is 4.77. The SMILES string of the molecule is CCn1ncc(Br)c1C(O)CC(C)c1ccccc1. The van der Waals surface area contributed by atoms with Gasteiger partial charge in [-0.3, -0.25) is 4.68 Å². The summed E-state index contributed by atoms with van der Waals surface area (Å²) in [5, 5.41) is 14.7. The molecule has 0 radical (unpaired) electrons. The van der Waals surface area contributed by atoms with E-state index in [-0.39, 0.29) is 0 Å². The zero-order chi connectivity index (χ0) is 13.8. The van der Waals surface area contributed by atoms with Gasteiger partial charge in [0.15, 0.2) is 0 Å². The van der Waals surface area contributed by atoms with Crippen LogP contribution in [0.25, 0.3) is 0 Å². The molecular formula is C15H19BrN2O. The van der Waals surface area contributed by atoms with Crippen molar-refractivity contribution in [1.82, 2.24) is 9.78 Å². The van der Waals surface area contributed by atoms with Crippen LogP contribution >= 0.6 is 15.9 Å². The largest absolute Gasteiger partial charge is 0.387 e. The van der Waals surface area contributed by atoms with Crippen molar-refractivity contribution < 1.29 is 5.11 Å². The van der Waals surface area contributed by atoms with Crippen LogP contribution in [0.3, 0.4) is 0 Å². The average Bonchev–Trinajstić information content (AvgIpc) is 2.80. The molecule has 0 saturated carbocycles. The molecule has 1 aromatic heterocycles. The van der Waals surface area contributed by atoms with E-state index in [0.717, 1.165) is 16.7 Å². The van der Waals surface area contributed by atoms with Crippen LogP contribution in [0.2, 0.25) is 0 Å². The van der Waals surface area contributed by atoms with E-state index in [1.54, 1.807) is 6.20 Å². The van der Waals surface area contributed by atoms with Gasteiger partial charge in [0, 0.05) is 6.54 Å². The number of aliphatic hydroxyl groups excluding tert-OH is 1. The average molecular weight is 323 g/mol. The van der Waals surface area contributed by atoms with Crippen LogP contribution in [0.1, 0.15) is 43.5 Å². The first kappa shape index (κ1) is 14.3. The van der Waals surface area contributed by atoms with Crippen LogP contribution in [0, 0.1) is 0 Å². The van der Waals surface area contributed by atoms with E-state index in [0.29, 0.717) is 12.3 Å². The Labute approximate surface area is 122 Å². The van der Waals surface area contributed by atoms with Gasteiger partial charge in [-0.25, -0.2) is 0 Å². The van der Waals surface area contributed by atoms with Crippen molar-refractivity contribution in [3.8, 4) is 0 Å². The fourth-order valence-corrected chi connectivity index (χ4v) is 2.88. The van der Waals surface area contributed by atoms with Crippen LogP contribution in [0.5, 0.6) is 0 Å². The molecule has 1 aromatic carbocycles. The number of nitrogens with zero attached hydrogens (tertiary/aromatic N) is 2. The number of benzene rings is 1. The maximum absolute atomic E-state index is 10.4. The van der Waals surface area contributed by atoms with Crippen molar-refractivity contribution in [2.75, 3.05) is 0 Å². The first-order valence-corrected chi connectivity index (χ1v) is 7.37. The zero-order valence-electron chi connectivity index (χ0n) is 11.3. The highest BCUT2D eigenvalue weighted by atomic mass is 79.9. The molecule has 0 saturated heterocycles. The second-order valence-electron chi connectivity index (χ2n) is 4.76. The Morgan fingerprint density at radius 1 is 1.32 bits per heavy atom. The predicted octanol–water partition coefficient (Wildman–Crippen LogP) is 3.89. The van der Waals surface area contributed by atoms with Crippen molar-refractivity contribution >= 4 is 15.9 Å². The van der Waals surface area contributed by atoms with Gasteiger partial charge in [-0.2, -0.15) is 5.10 Å². The van der Waals surface area contributed by atoms with E-state index in [9.17, 15) is 5.11 Å². The van der Waals surface area contributed by atoms with Gasteiger partial charge in [-0.15, -0.1) is 0 Å². The number of hydrogen-bond donors (Lipinski definition) is 1. The zero-order valence-corrected chi connectivity index (χ0v) is 12.8. The standard InChI is InChI=1S/C15H19BrN2O/c1-3-18-15(13(16)10-17-18)14(19)9-11(2)12-7-5-4-6-8-12/h4-8,10-11,14,19H,3,9H2,1-2H3. The summed E-state index contributed by atoms with van der Waals surface area (Å²) in [7, 11) is 0. The summed E-state index contributed by atoms with van der Waals surface area (Å²) in [6, 6.07) is 10.3. The topological polar surface area (TPSA) is 38.0 Å². The van der Waals surface area contributed by atoms with Crippen LogP contribution in [0.15, 0.2) is 41.0 Å². The molecule has 4 heteroatoms. The lowest BCUT2D eigenvalue weighted by atomic mass is 9.94. The van der Waals surface area contributed by atoms with Gasteiger partial charge >= 0.3 is 0 Å². The molecule has 0 fully saturated rings. The number of aromatic nitrogens is 2. The first-order chi connectivity index (χ1) is 9.13. The second-order valence-corrected chi connectivity index (χ2v) is 5.61. The van der Waals surface area contributed by atoms with Crippen molar-refractivity contribution in [2.45, 2.75) is 38.8 Å². The summed E-state index contributed by atoms with van der Waals surface area (Å²) < 4.78 is 2.72. The molecule has 2 atom stereocenters. The Hall–Kier alpha value is -1.13. The van der Waals surface area contributed by atoms with E-state index in [1.807, 2.05) is 29.8 Å². The highest BCUT2D eigenvalue weighted by Crippen LogP contribution is 2.31. The summed E-state index contributed by atoms with van der Waals surface area (Å²) in [6.07, 6.45) is 1.93. The Bertz CT molecular complexity index is 524. The van der Waals surface area contributed by atoms with Gasteiger partial charge in [0.25, 0.3) is 0 Å². The molecule has 1 N–H and O–H groups in total. The van der Waals surface area contributed by atoms with Crippen molar-refractivity contribution in [1.29, 1.82) is 0 Å². The number of aliphatic hydroxyl groups is 1. The molecule has 1 heterocycles. The van der Waals surface area contributed by atoms with E-state index in [4.69, 9.17) is 0 Å². The minimum Gasteiger partial charge on any atom is -0.387 e. The quantitative estimate of drug-likeness (QED) is 0.906. The van der Waals surface area contributed by atoms with Gasteiger partial charge in [0.1, 0.15) is 0 Å². The summed E-state index contributed by atoms with van der Waals surface area (Å²) in [4.78, 5) is 0. The minimum atomic E-state index is -0.507. The van der Waals surface area contributed by atoms with E-state index >= 15 is 0 Å². The fraction of sp³-hybridized carbons (Fsp3) is 0.400. The molecule has 0 spiro atoms. The summed E-state index contributed by atoms with van der Waals surface area (Å²) >= 11 is 3.46. The van der Waals surface area contributed by atoms with Gasteiger partial charge in [-0.1, -0.05) is 37.3 Å². The third kappa shape index (κ3) is 3.25. The molecule has 102 valence electrons. The monoisotopic (exact) mass is 322 g/mol. The summed E-state index contributed by atoms with van der Waals surface area (Å²) in [6.45, 7) is 4.92. The third-order valence-corrected chi connectivity index (χ3v) is 4.00. The summed E-state index contributed by atoms with van der Waals surface area (Å²) in [5.41, 5.74) is 2.12. The maximum atomic E-state index is 10.4. The van der Waals surface area contributed by atoms with Gasteiger partial charge < -0.3 is 5.11 Å². The molecule has 2 unspecified atom stereocenters. The molecule has 0 bridgehead atoms. The van der Waals surface area contributed by atoms with E-state index < -0.39 is 6.10 Å².